The van der Waals surface area contributed by atoms with E-state index in [2.05, 4.69) is 15.9 Å². The van der Waals surface area contributed by atoms with Crippen molar-refractivity contribution in [3.05, 3.63) is 81.8 Å². The van der Waals surface area contributed by atoms with Crippen molar-refractivity contribution in [1.82, 2.24) is 4.90 Å². The van der Waals surface area contributed by atoms with Gasteiger partial charge in [0.05, 0.1) is 32.9 Å². The molecule has 1 aliphatic heterocycles. The number of amides is 1. The van der Waals surface area contributed by atoms with Gasteiger partial charge in [-0.25, -0.2) is 0 Å². The topological polar surface area (TPSA) is 57.2 Å². The Balaban J connectivity index is 1.73. The summed E-state index contributed by atoms with van der Waals surface area (Å²) in [6.45, 7) is 0.821. The zero-order valence-electron chi connectivity index (χ0n) is 18.8. The summed E-state index contributed by atoms with van der Waals surface area (Å²) in [6.07, 6.45) is 0.705. The molecular weight excluding hydrogens is 486 g/mol. The number of hydrogen-bond acceptors (Lipinski definition) is 5. The van der Waals surface area contributed by atoms with Gasteiger partial charge in [-0.2, -0.15) is 0 Å². The molecule has 0 N–H and O–H groups in total. The second-order valence-corrected chi connectivity index (χ2v) is 8.47. The Morgan fingerprint density at radius 1 is 0.909 bits per heavy atom. The summed E-state index contributed by atoms with van der Waals surface area (Å²) in [5, 5.41) is 0. The molecule has 172 valence electrons. The van der Waals surface area contributed by atoms with Crippen LogP contribution in [-0.2, 0) is 6.42 Å². The van der Waals surface area contributed by atoms with Gasteiger partial charge in [0.15, 0.2) is 23.0 Å². The molecule has 0 aliphatic carbocycles. The molecule has 0 fully saturated rings. The van der Waals surface area contributed by atoms with Crippen molar-refractivity contribution < 1.29 is 23.7 Å². The number of benzene rings is 3. The monoisotopic (exact) mass is 511 g/mol. The van der Waals surface area contributed by atoms with Crippen molar-refractivity contribution in [1.29, 1.82) is 0 Å². The Morgan fingerprint density at radius 3 is 2.24 bits per heavy atom. The van der Waals surface area contributed by atoms with Crippen LogP contribution in [0.2, 0.25) is 0 Å². The Morgan fingerprint density at radius 2 is 1.55 bits per heavy atom. The van der Waals surface area contributed by atoms with E-state index in [4.69, 9.17) is 18.9 Å². The van der Waals surface area contributed by atoms with Crippen molar-refractivity contribution >= 4 is 21.8 Å². The van der Waals surface area contributed by atoms with Crippen LogP contribution in [0.4, 0.5) is 0 Å². The van der Waals surface area contributed by atoms with Crippen LogP contribution in [0.3, 0.4) is 0 Å². The summed E-state index contributed by atoms with van der Waals surface area (Å²) in [5.74, 6) is 2.50. The van der Waals surface area contributed by atoms with Gasteiger partial charge in [-0.1, -0.05) is 24.3 Å². The van der Waals surface area contributed by atoms with Crippen LogP contribution in [0, 0.1) is 0 Å². The Labute approximate surface area is 202 Å². The van der Waals surface area contributed by atoms with Gasteiger partial charge in [0.2, 0.25) is 0 Å². The lowest BCUT2D eigenvalue weighted by Crippen LogP contribution is -2.42. The summed E-state index contributed by atoms with van der Waals surface area (Å²) in [5.41, 5.74) is 2.70. The fourth-order valence-corrected chi connectivity index (χ4v) is 4.60. The molecule has 4 rings (SSSR count). The van der Waals surface area contributed by atoms with Crippen LogP contribution < -0.4 is 18.9 Å². The zero-order chi connectivity index (χ0) is 23.4. The molecule has 1 unspecified atom stereocenters. The Kier molecular flexibility index (Phi) is 7.08. The summed E-state index contributed by atoms with van der Waals surface area (Å²) in [7, 11) is 4.84. The first-order valence-electron chi connectivity index (χ1n) is 10.6. The molecule has 0 aromatic heterocycles. The van der Waals surface area contributed by atoms with Crippen LogP contribution in [-0.4, -0.2) is 45.3 Å². The van der Waals surface area contributed by atoms with Crippen molar-refractivity contribution in [3.8, 4) is 23.0 Å². The number of para-hydroxylation sites is 2. The predicted molar refractivity (Wildman–Crippen MR) is 130 cm³/mol. The van der Waals surface area contributed by atoms with Crippen molar-refractivity contribution in [2.75, 3.05) is 34.5 Å². The van der Waals surface area contributed by atoms with E-state index in [0.717, 1.165) is 15.6 Å². The van der Waals surface area contributed by atoms with E-state index in [1.54, 1.807) is 21.3 Å². The van der Waals surface area contributed by atoms with Gasteiger partial charge in [-0.05, 0) is 69.9 Å². The van der Waals surface area contributed by atoms with Gasteiger partial charge in [0, 0.05) is 11.0 Å². The molecule has 0 radical (unpaired) electrons. The highest BCUT2D eigenvalue weighted by atomic mass is 79.9. The smallest absolute Gasteiger partial charge is 0.255 e. The minimum absolute atomic E-state index is 0.0588. The number of fused-ring (bicyclic) bond motifs is 1. The normalized spacial score (nSPS) is 14.9. The maximum absolute atomic E-state index is 13.6. The van der Waals surface area contributed by atoms with Gasteiger partial charge >= 0.3 is 0 Å². The molecule has 1 amide bonds. The molecule has 6 nitrogen and oxygen atoms in total. The van der Waals surface area contributed by atoms with Gasteiger partial charge in [-0.15, -0.1) is 0 Å². The molecule has 0 spiro atoms. The highest BCUT2D eigenvalue weighted by Crippen LogP contribution is 2.40. The molecular formula is C26H26BrNO5. The largest absolute Gasteiger partial charge is 0.493 e. The number of ether oxygens (including phenoxy) is 4. The van der Waals surface area contributed by atoms with Crippen molar-refractivity contribution in [3.63, 3.8) is 0 Å². The van der Waals surface area contributed by atoms with Crippen LogP contribution in [0.15, 0.2) is 65.1 Å². The fourth-order valence-electron chi connectivity index (χ4n) is 4.15. The second kappa shape index (κ2) is 10.2. The van der Waals surface area contributed by atoms with Gasteiger partial charge in [-0.3, -0.25) is 4.79 Å². The molecule has 1 heterocycles. The Hall–Kier alpha value is -3.19. The number of rotatable bonds is 7. The van der Waals surface area contributed by atoms with Gasteiger partial charge < -0.3 is 23.8 Å². The van der Waals surface area contributed by atoms with Gasteiger partial charge in [0.1, 0.15) is 6.61 Å². The lowest BCUT2D eigenvalue weighted by atomic mass is 9.91. The lowest BCUT2D eigenvalue weighted by Gasteiger charge is -2.38. The quantitative estimate of drug-likeness (QED) is 0.431. The average Bonchev–Trinajstić information content (AvgIpc) is 2.86. The highest BCUT2D eigenvalue weighted by Gasteiger charge is 2.34. The molecule has 1 atom stereocenters. The summed E-state index contributed by atoms with van der Waals surface area (Å²) >= 11 is 3.52. The molecule has 3 aromatic carbocycles. The number of methoxy groups -OCH3 is 3. The summed E-state index contributed by atoms with van der Waals surface area (Å²) in [4.78, 5) is 15.5. The lowest BCUT2D eigenvalue weighted by molar-refractivity contribution is 0.0586. The summed E-state index contributed by atoms with van der Waals surface area (Å²) < 4.78 is 23.4. The van der Waals surface area contributed by atoms with Gasteiger partial charge in [0.25, 0.3) is 5.91 Å². The first kappa shape index (κ1) is 23.0. The maximum Gasteiger partial charge on any atom is 0.255 e. The Bertz CT molecular complexity index is 1150. The van der Waals surface area contributed by atoms with E-state index < -0.39 is 0 Å². The first-order chi connectivity index (χ1) is 16.1. The predicted octanol–water partition coefficient (Wildman–Crippen LogP) is 5.29. The minimum Gasteiger partial charge on any atom is -0.493 e. The van der Waals surface area contributed by atoms with Crippen LogP contribution in [0.25, 0.3) is 0 Å². The van der Waals surface area contributed by atoms with Crippen LogP contribution in [0.1, 0.15) is 27.5 Å². The fraction of sp³-hybridized carbons (Fsp3) is 0.269. The van der Waals surface area contributed by atoms with Crippen molar-refractivity contribution in [2.45, 2.75) is 12.5 Å². The third-order valence-electron chi connectivity index (χ3n) is 5.83. The van der Waals surface area contributed by atoms with E-state index >= 15 is 0 Å². The average molecular weight is 512 g/mol. The zero-order valence-corrected chi connectivity index (χ0v) is 20.4. The minimum atomic E-state index is -0.321. The van der Waals surface area contributed by atoms with E-state index in [1.807, 2.05) is 65.6 Å². The third-order valence-corrected chi connectivity index (χ3v) is 6.53. The molecule has 7 heteroatoms. The number of halogens is 1. The number of carbonyl (C=O) groups is 1. The molecule has 0 bridgehead atoms. The SMILES string of the molecule is COc1cc2c(cc1OC)C(COc1ccccc1OC)N(C(=O)c1ccccc1Br)CC2. The number of hydrogen-bond donors (Lipinski definition) is 0. The molecule has 33 heavy (non-hydrogen) atoms. The van der Waals surface area contributed by atoms with E-state index in [9.17, 15) is 4.79 Å². The van der Waals surface area contributed by atoms with Crippen LogP contribution >= 0.6 is 15.9 Å². The third kappa shape index (κ3) is 4.64. The number of carbonyl (C=O) groups excluding carboxylic acids is 1. The highest BCUT2D eigenvalue weighted by molar-refractivity contribution is 9.10. The molecule has 0 saturated carbocycles. The molecule has 0 saturated heterocycles. The standard InChI is InChI=1S/C26H26BrNO5/c1-30-22-10-6-7-11-23(22)33-16-21-19-15-25(32-3)24(31-2)14-17(19)12-13-28(21)26(29)18-8-4-5-9-20(18)27/h4-11,14-15,21H,12-13,16H2,1-3H3. The number of nitrogens with zero attached hydrogens (tertiary/aromatic N) is 1. The van der Waals surface area contributed by atoms with E-state index in [0.29, 0.717) is 41.5 Å². The maximum atomic E-state index is 13.6. The van der Waals surface area contributed by atoms with E-state index in [-0.39, 0.29) is 18.6 Å². The summed E-state index contributed by atoms with van der Waals surface area (Å²) in [6, 6.07) is 18.6. The van der Waals surface area contributed by atoms with Crippen molar-refractivity contribution in [2.24, 2.45) is 0 Å². The van der Waals surface area contributed by atoms with Crippen LogP contribution in [0.5, 0.6) is 23.0 Å². The van der Waals surface area contributed by atoms with E-state index in [1.165, 1.54) is 0 Å². The molecule has 3 aromatic rings. The first-order valence-corrected chi connectivity index (χ1v) is 11.4. The second-order valence-electron chi connectivity index (χ2n) is 7.61. The molecule has 1 aliphatic rings.